The van der Waals surface area contributed by atoms with Crippen molar-refractivity contribution in [3.63, 3.8) is 0 Å². The summed E-state index contributed by atoms with van der Waals surface area (Å²) in [5.41, 5.74) is -1.52. The van der Waals surface area contributed by atoms with Crippen LogP contribution in [0.15, 0.2) is 0 Å². The van der Waals surface area contributed by atoms with E-state index in [0.717, 1.165) is 12.8 Å². The van der Waals surface area contributed by atoms with Gasteiger partial charge in [0.2, 0.25) is 0 Å². The van der Waals surface area contributed by atoms with Crippen molar-refractivity contribution in [2.75, 3.05) is 6.54 Å². The summed E-state index contributed by atoms with van der Waals surface area (Å²) in [6.45, 7) is 9.34. The maximum atomic E-state index is 12.2. The van der Waals surface area contributed by atoms with Crippen LogP contribution in [0.25, 0.3) is 0 Å². The Hall–Kier alpha value is -1.26. The average molecular weight is 271 g/mol. The van der Waals surface area contributed by atoms with Gasteiger partial charge in [0.05, 0.1) is 11.5 Å². The van der Waals surface area contributed by atoms with E-state index in [0.29, 0.717) is 13.0 Å². The molecule has 0 aliphatic carbocycles. The maximum absolute atomic E-state index is 12.2. The molecule has 0 saturated carbocycles. The monoisotopic (exact) mass is 271 g/mol. The highest BCUT2D eigenvalue weighted by Gasteiger charge is 2.44. The van der Waals surface area contributed by atoms with E-state index in [-0.39, 0.29) is 6.04 Å². The molecular weight excluding hydrogens is 246 g/mol. The first-order chi connectivity index (χ1) is 8.55. The second-order valence-electron chi connectivity index (χ2n) is 6.71. The molecule has 1 rings (SSSR count). The second-order valence-corrected chi connectivity index (χ2v) is 6.71. The Morgan fingerprint density at radius 1 is 1.16 bits per heavy atom. The van der Waals surface area contributed by atoms with Crippen molar-refractivity contribution < 1.29 is 19.4 Å². The van der Waals surface area contributed by atoms with Gasteiger partial charge in [0.15, 0.2) is 0 Å². The average Bonchev–Trinajstić information content (AvgIpc) is 2.26. The molecule has 1 saturated heterocycles. The summed E-state index contributed by atoms with van der Waals surface area (Å²) in [7, 11) is 0. The van der Waals surface area contributed by atoms with Crippen LogP contribution < -0.4 is 0 Å². The predicted molar refractivity (Wildman–Crippen MR) is 72.0 cm³/mol. The molecule has 0 bridgehead atoms. The molecule has 1 aliphatic rings. The normalized spacial score (nSPS) is 21.1. The van der Waals surface area contributed by atoms with Gasteiger partial charge in [-0.15, -0.1) is 0 Å². The third kappa shape index (κ3) is 3.85. The Labute approximate surface area is 114 Å². The van der Waals surface area contributed by atoms with Crippen LogP contribution in [-0.4, -0.2) is 40.3 Å². The standard InChI is InChI=1S/C14H25NO4/c1-13(2,3)19-12(18)15-9-7-6-8-10(15)14(4,5)11(16)17/h10H,6-9H2,1-5H3,(H,16,17). The topological polar surface area (TPSA) is 66.8 Å². The van der Waals surface area contributed by atoms with Gasteiger partial charge in [-0.1, -0.05) is 0 Å². The Balaban J connectivity index is 2.90. The number of carbonyl (C=O) groups is 2. The van der Waals surface area contributed by atoms with Crippen LogP contribution in [0.5, 0.6) is 0 Å². The lowest BCUT2D eigenvalue weighted by Gasteiger charge is -2.42. The summed E-state index contributed by atoms with van der Waals surface area (Å²) in [4.78, 5) is 25.2. The number of rotatable bonds is 2. The quantitative estimate of drug-likeness (QED) is 0.838. The molecule has 5 nitrogen and oxygen atoms in total. The van der Waals surface area contributed by atoms with Crippen LogP contribution in [0.3, 0.4) is 0 Å². The van der Waals surface area contributed by atoms with Crippen LogP contribution in [-0.2, 0) is 9.53 Å². The van der Waals surface area contributed by atoms with Crippen molar-refractivity contribution in [3.05, 3.63) is 0 Å². The molecule has 0 spiro atoms. The molecule has 1 atom stereocenters. The number of hydrogen-bond donors (Lipinski definition) is 1. The van der Waals surface area contributed by atoms with Crippen molar-refractivity contribution in [2.45, 2.75) is 65.5 Å². The maximum Gasteiger partial charge on any atom is 0.410 e. The lowest BCUT2D eigenvalue weighted by Crippen LogP contribution is -2.54. The Bertz CT molecular complexity index is 357. The van der Waals surface area contributed by atoms with E-state index in [2.05, 4.69) is 0 Å². The van der Waals surface area contributed by atoms with E-state index >= 15 is 0 Å². The number of amides is 1. The Morgan fingerprint density at radius 2 is 1.74 bits per heavy atom. The first kappa shape index (κ1) is 15.8. The summed E-state index contributed by atoms with van der Waals surface area (Å²) in [5, 5.41) is 9.35. The molecule has 0 aromatic heterocycles. The number of nitrogens with zero attached hydrogens (tertiary/aromatic N) is 1. The fourth-order valence-electron chi connectivity index (χ4n) is 2.36. The third-order valence-electron chi connectivity index (χ3n) is 3.52. The first-order valence-electron chi connectivity index (χ1n) is 6.79. The van der Waals surface area contributed by atoms with Crippen LogP contribution in [0.4, 0.5) is 4.79 Å². The molecule has 5 heteroatoms. The largest absolute Gasteiger partial charge is 0.481 e. The molecule has 0 aromatic rings. The van der Waals surface area contributed by atoms with E-state index in [4.69, 9.17) is 4.74 Å². The molecule has 1 heterocycles. The number of carboxylic acids is 1. The van der Waals surface area contributed by atoms with Crippen molar-refractivity contribution in [1.29, 1.82) is 0 Å². The molecular formula is C14H25NO4. The van der Waals surface area contributed by atoms with Gasteiger partial charge in [0.1, 0.15) is 5.60 Å². The fraction of sp³-hybridized carbons (Fsp3) is 0.857. The summed E-state index contributed by atoms with van der Waals surface area (Å²) in [6.07, 6.45) is 2.14. The molecule has 19 heavy (non-hydrogen) atoms. The van der Waals surface area contributed by atoms with Crippen LogP contribution in [0, 0.1) is 5.41 Å². The van der Waals surface area contributed by atoms with Crippen LogP contribution >= 0.6 is 0 Å². The van der Waals surface area contributed by atoms with E-state index in [9.17, 15) is 14.7 Å². The number of likely N-dealkylation sites (tertiary alicyclic amines) is 1. The molecule has 1 N–H and O–H groups in total. The van der Waals surface area contributed by atoms with Crippen LogP contribution in [0.2, 0.25) is 0 Å². The second kappa shape index (κ2) is 5.39. The highest BCUT2D eigenvalue weighted by atomic mass is 16.6. The molecule has 0 aromatic carbocycles. The highest BCUT2D eigenvalue weighted by molar-refractivity contribution is 5.76. The summed E-state index contributed by atoms with van der Waals surface area (Å²) < 4.78 is 5.38. The van der Waals surface area contributed by atoms with Gasteiger partial charge in [-0.25, -0.2) is 4.79 Å². The predicted octanol–water partition coefficient (Wildman–Crippen LogP) is 2.89. The third-order valence-corrected chi connectivity index (χ3v) is 3.52. The van der Waals surface area contributed by atoms with E-state index in [1.54, 1.807) is 18.7 Å². The van der Waals surface area contributed by atoms with Crippen molar-refractivity contribution >= 4 is 12.1 Å². The number of aliphatic carboxylic acids is 1. The molecule has 0 radical (unpaired) electrons. The molecule has 1 aliphatic heterocycles. The number of piperidine rings is 1. The van der Waals surface area contributed by atoms with Gasteiger partial charge >= 0.3 is 12.1 Å². The minimum atomic E-state index is -0.961. The van der Waals surface area contributed by atoms with E-state index in [1.807, 2.05) is 20.8 Å². The smallest absolute Gasteiger partial charge is 0.410 e. The molecule has 110 valence electrons. The minimum Gasteiger partial charge on any atom is -0.481 e. The Kier molecular flexibility index (Phi) is 4.48. The lowest BCUT2D eigenvalue weighted by molar-refractivity contribution is -0.151. The van der Waals surface area contributed by atoms with Gasteiger partial charge in [-0.3, -0.25) is 4.79 Å². The summed E-state index contributed by atoms with van der Waals surface area (Å²) in [5.74, 6) is -0.882. The number of ether oxygens (including phenoxy) is 1. The van der Waals surface area contributed by atoms with E-state index < -0.39 is 23.1 Å². The SMILES string of the molecule is CC(C)(C)OC(=O)N1CCCCC1C(C)(C)C(=O)O. The zero-order valence-corrected chi connectivity index (χ0v) is 12.5. The van der Waals surface area contributed by atoms with Gasteiger partial charge in [0.25, 0.3) is 0 Å². The van der Waals surface area contributed by atoms with Gasteiger partial charge in [0, 0.05) is 6.54 Å². The lowest BCUT2D eigenvalue weighted by atomic mass is 9.79. The molecule has 1 amide bonds. The summed E-state index contributed by atoms with van der Waals surface area (Å²) in [6, 6.07) is -0.311. The number of carbonyl (C=O) groups excluding carboxylic acids is 1. The number of carboxylic acid groups (broad SMARTS) is 1. The number of hydrogen-bond acceptors (Lipinski definition) is 3. The van der Waals surface area contributed by atoms with Crippen molar-refractivity contribution in [2.24, 2.45) is 5.41 Å². The fourth-order valence-corrected chi connectivity index (χ4v) is 2.36. The van der Waals surface area contributed by atoms with Crippen molar-refractivity contribution in [3.8, 4) is 0 Å². The molecule has 1 fully saturated rings. The van der Waals surface area contributed by atoms with Gasteiger partial charge in [-0.2, -0.15) is 0 Å². The van der Waals surface area contributed by atoms with Crippen LogP contribution in [0.1, 0.15) is 53.9 Å². The van der Waals surface area contributed by atoms with E-state index in [1.165, 1.54) is 0 Å². The minimum absolute atomic E-state index is 0.311. The summed E-state index contributed by atoms with van der Waals surface area (Å²) >= 11 is 0. The zero-order chi connectivity index (χ0) is 14.8. The Morgan fingerprint density at radius 3 is 2.21 bits per heavy atom. The van der Waals surface area contributed by atoms with Crippen molar-refractivity contribution in [1.82, 2.24) is 4.90 Å². The van der Waals surface area contributed by atoms with Gasteiger partial charge < -0.3 is 14.7 Å². The highest BCUT2D eigenvalue weighted by Crippen LogP contribution is 2.33. The first-order valence-corrected chi connectivity index (χ1v) is 6.79. The molecule has 1 unspecified atom stereocenters. The zero-order valence-electron chi connectivity index (χ0n) is 12.5. The van der Waals surface area contributed by atoms with Gasteiger partial charge in [-0.05, 0) is 53.9 Å².